The highest BCUT2D eigenvalue weighted by Gasteiger charge is 2.12. The zero-order chi connectivity index (χ0) is 18.3. The molecule has 3 N–H and O–H groups in total. The minimum Gasteiger partial charge on any atom is -0.288 e. The number of carbonyl (C=O) groups is 1. The van der Waals surface area contributed by atoms with Crippen LogP contribution in [0.15, 0.2) is 60.7 Å². The molecule has 0 heterocycles. The first kappa shape index (κ1) is 18.7. The van der Waals surface area contributed by atoms with Gasteiger partial charge in [-0.05, 0) is 35.3 Å². The van der Waals surface area contributed by atoms with Gasteiger partial charge in [0.05, 0.1) is 5.75 Å². The van der Waals surface area contributed by atoms with Crippen molar-refractivity contribution in [2.75, 3.05) is 10.5 Å². The number of hydroxylamine groups is 1. The van der Waals surface area contributed by atoms with Gasteiger partial charge < -0.3 is 0 Å². The minimum absolute atomic E-state index is 0.0333. The third-order valence-electron chi connectivity index (χ3n) is 3.39. The number of rotatable bonds is 7. The van der Waals surface area contributed by atoms with E-state index >= 15 is 0 Å². The SMILES string of the molecule is CCCS(=O)(=O)Nc1cccc(C(=CC(=O)NO)c2ccccc2)c1. The van der Waals surface area contributed by atoms with Crippen molar-refractivity contribution in [3.63, 3.8) is 0 Å². The molecule has 0 saturated carbocycles. The molecule has 1 amide bonds. The molecule has 7 heteroatoms. The molecule has 132 valence electrons. The fourth-order valence-electron chi connectivity index (χ4n) is 2.36. The quantitative estimate of drug-likeness (QED) is 0.402. The summed E-state index contributed by atoms with van der Waals surface area (Å²) in [4.78, 5) is 11.6. The van der Waals surface area contributed by atoms with Gasteiger partial charge in [-0.2, -0.15) is 0 Å². The molecule has 0 radical (unpaired) electrons. The van der Waals surface area contributed by atoms with Crippen LogP contribution in [0.2, 0.25) is 0 Å². The highest BCUT2D eigenvalue weighted by Crippen LogP contribution is 2.26. The van der Waals surface area contributed by atoms with Crippen LogP contribution < -0.4 is 10.2 Å². The fourth-order valence-corrected chi connectivity index (χ4v) is 3.49. The number of hydrogen-bond acceptors (Lipinski definition) is 4. The second kappa shape index (κ2) is 8.46. The largest absolute Gasteiger partial charge is 0.288 e. The lowest BCUT2D eigenvalue weighted by atomic mass is 9.97. The van der Waals surface area contributed by atoms with Crippen LogP contribution in [0, 0.1) is 0 Å². The van der Waals surface area contributed by atoms with Gasteiger partial charge in [0, 0.05) is 11.8 Å². The molecule has 0 aliphatic carbocycles. The average molecular weight is 360 g/mol. The molecule has 6 nitrogen and oxygen atoms in total. The predicted octanol–water partition coefficient (Wildman–Crippen LogP) is 2.78. The maximum Gasteiger partial charge on any atom is 0.267 e. The van der Waals surface area contributed by atoms with Gasteiger partial charge in [0.1, 0.15) is 0 Å². The monoisotopic (exact) mass is 360 g/mol. The van der Waals surface area contributed by atoms with Crippen LogP contribution in [-0.4, -0.2) is 25.3 Å². The van der Waals surface area contributed by atoms with E-state index in [1.807, 2.05) is 30.3 Å². The van der Waals surface area contributed by atoms with E-state index in [1.54, 1.807) is 36.7 Å². The summed E-state index contributed by atoms with van der Waals surface area (Å²) in [5.74, 6) is -0.637. The number of benzene rings is 2. The number of nitrogens with one attached hydrogen (secondary N) is 2. The molecule has 0 saturated heterocycles. The molecular weight excluding hydrogens is 340 g/mol. The summed E-state index contributed by atoms with van der Waals surface area (Å²) in [6.07, 6.45) is 1.77. The summed E-state index contributed by atoms with van der Waals surface area (Å²) in [6.45, 7) is 1.79. The normalized spacial score (nSPS) is 11.8. The van der Waals surface area contributed by atoms with Crippen LogP contribution in [-0.2, 0) is 14.8 Å². The summed E-state index contributed by atoms with van der Waals surface area (Å²) in [7, 11) is -3.41. The van der Waals surface area contributed by atoms with Crippen molar-refractivity contribution >= 4 is 27.2 Å². The Morgan fingerprint density at radius 3 is 2.40 bits per heavy atom. The number of hydrogen-bond donors (Lipinski definition) is 3. The molecule has 0 aliphatic rings. The Bertz CT molecular complexity index is 862. The van der Waals surface area contributed by atoms with Crippen molar-refractivity contribution in [2.45, 2.75) is 13.3 Å². The summed E-state index contributed by atoms with van der Waals surface area (Å²) in [6, 6.07) is 15.9. The molecule has 0 unspecified atom stereocenters. The highest BCUT2D eigenvalue weighted by atomic mass is 32.2. The molecule has 0 aliphatic heterocycles. The smallest absolute Gasteiger partial charge is 0.267 e. The van der Waals surface area contributed by atoms with Crippen molar-refractivity contribution < 1.29 is 18.4 Å². The lowest BCUT2D eigenvalue weighted by Gasteiger charge is -2.12. The third kappa shape index (κ3) is 5.44. The van der Waals surface area contributed by atoms with Gasteiger partial charge in [-0.15, -0.1) is 0 Å². The number of anilines is 1. The van der Waals surface area contributed by atoms with E-state index in [4.69, 9.17) is 5.21 Å². The Morgan fingerprint density at radius 1 is 1.08 bits per heavy atom. The molecule has 0 atom stereocenters. The van der Waals surface area contributed by atoms with E-state index in [9.17, 15) is 13.2 Å². The second-order valence-corrected chi connectivity index (χ2v) is 7.24. The third-order valence-corrected chi connectivity index (χ3v) is 4.88. The maximum absolute atomic E-state index is 12.0. The molecule has 0 spiro atoms. The molecule has 0 aromatic heterocycles. The zero-order valence-corrected chi connectivity index (χ0v) is 14.6. The average Bonchev–Trinajstić information content (AvgIpc) is 2.60. The molecular formula is C18H20N2O4S. The van der Waals surface area contributed by atoms with Gasteiger partial charge in [-0.1, -0.05) is 49.4 Å². The lowest BCUT2D eigenvalue weighted by molar-refractivity contribution is -0.124. The van der Waals surface area contributed by atoms with Gasteiger partial charge in [0.25, 0.3) is 5.91 Å². The maximum atomic E-state index is 12.0. The van der Waals surface area contributed by atoms with Crippen LogP contribution in [0.3, 0.4) is 0 Å². The van der Waals surface area contributed by atoms with Crippen molar-refractivity contribution in [3.05, 3.63) is 71.8 Å². The van der Waals surface area contributed by atoms with Gasteiger partial charge in [-0.3, -0.25) is 14.7 Å². The summed E-state index contributed by atoms with van der Waals surface area (Å²) >= 11 is 0. The van der Waals surface area contributed by atoms with E-state index in [-0.39, 0.29) is 5.75 Å². The molecule has 25 heavy (non-hydrogen) atoms. The Morgan fingerprint density at radius 2 is 1.76 bits per heavy atom. The van der Waals surface area contributed by atoms with E-state index < -0.39 is 15.9 Å². The van der Waals surface area contributed by atoms with E-state index in [2.05, 4.69) is 4.72 Å². The summed E-state index contributed by atoms with van der Waals surface area (Å²) in [5, 5.41) is 8.81. The first-order chi connectivity index (χ1) is 11.9. The zero-order valence-electron chi connectivity index (χ0n) is 13.8. The van der Waals surface area contributed by atoms with Gasteiger partial charge in [0.15, 0.2) is 0 Å². The van der Waals surface area contributed by atoms with Crippen LogP contribution in [0.4, 0.5) is 5.69 Å². The van der Waals surface area contributed by atoms with Crippen LogP contribution in [0.1, 0.15) is 24.5 Å². The summed E-state index contributed by atoms with van der Waals surface area (Å²) < 4.78 is 26.4. The van der Waals surface area contributed by atoms with E-state index in [0.717, 1.165) is 5.56 Å². The first-order valence-corrected chi connectivity index (χ1v) is 9.42. The van der Waals surface area contributed by atoms with Gasteiger partial charge in [-0.25, -0.2) is 13.9 Å². The predicted molar refractivity (Wildman–Crippen MR) is 97.6 cm³/mol. The second-order valence-electron chi connectivity index (χ2n) is 5.40. The van der Waals surface area contributed by atoms with Crippen LogP contribution in [0.25, 0.3) is 5.57 Å². The first-order valence-electron chi connectivity index (χ1n) is 7.77. The molecule has 0 bridgehead atoms. The van der Waals surface area contributed by atoms with Crippen molar-refractivity contribution in [2.24, 2.45) is 0 Å². The fraction of sp³-hybridized carbons (Fsp3) is 0.167. The highest BCUT2D eigenvalue weighted by molar-refractivity contribution is 7.92. The molecule has 2 aromatic carbocycles. The Balaban J connectivity index is 2.44. The van der Waals surface area contributed by atoms with Crippen molar-refractivity contribution in [3.8, 4) is 0 Å². The number of amides is 1. The van der Waals surface area contributed by atoms with Crippen LogP contribution >= 0.6 is 0 Å². The van der Waals surface area contributed by atoms with Crippen molar-refractivity contribution in [1.82, 2.24) is 5.48 Å². The van der Waals surface area contributed by atoms with Gasteiger partial charge >= 0.3 is 0 Å². The Hall–Kier alpha value is -2.64. The lowest BCUT2D eigenvalue weighted by Crippen LogP contribution is -2.16. The van der Waals surface area contributed by atoms with Crippen LogP contribution in [0.5, 0.6) is 0 Å². The Kier molecular flexibility index (Phi) is 6.32. The summed E-state index contributed by atoms with van der Waals surface area (Å²) in [5.41, 5.74) is 3.96. The minimum atomic E-state index is -3.41. The molecule has 2 aromatic rings. The van der Waals surface area contributed by atoms with E-state index in [0.29, 0.717) is 23.2 Å². The topological polar surface area (TPSA) is 95.5 Å². The number of carbonyl (C=O) groups excluding carboxylic acids is 1. The standard InChI is InChI=1S/C18H20N2O4S/c1-2-11-25(23,24)20-16-10-6-9-15(12-16)17(13-18(21)19-22)14-7-4-3-5-8-14/h3-10,12-13,20,22H,2,11H2,1H3,(H,19,21). The van der Waals surface area contributed by atoms with E-state index in [1.165, 1.54) is 6.08 Å². The molecule has 2 rings (SSSR count). The number of sulfonamides is 1. The molecule has 0 fully saturated rings. The van der Waals surface area contributed by atoms with Gasteiger partial charge in [0.2, 0.25) is 10.0 Å². The Labute approximate surface area is 147 Å². The van der Waals surface area contributed by atoms with Crippen molar-refractivity contribution in [1.29, 1.82) is 0 Å².